The third kappa shape index (κ3) is 5.16. The highest BCUT2D eigenvalue weighted by Crippen LogP contribution is 2.36. The Morgan fingerprint density at radius 3 is 2.39 bits per heavy atom. The quantitative estimate of drug-likeness (QED) is 0.276. The van der Waals surface area contributed by atoms with Gasteiger partial charge in [-0.25, -0.2) is 0 Å². The molecule has 3 rings (SSSR count). The third-order valence-corrected chi connectivity index (χ3v) is 4.95. The van der Waals surface area contributed by atoms with Gasteiger partial charge in [-0.15, -0.1) is 0 Å². The Bertz CT molecular complexity index is 958. The standard InChI is InChI=1S/C21H21ClO9/c22-11-4-1-10(2-5-11)3-6-13(25)17-14(26)7-12(24)8-15(17)30-21-20(29)19(28)18(27)16(9-23)31-21/h1-8,16,18-21,23-24,26-29H,9H2/t16-,18-,19+,20-,21+/m0/s1. The molecule has 0 amide bonds. The fourth-order valence-corrected chi connectivity index (χ4v) is 3.17. The van der Waals surface area contributed by atoms with Crippen LogP contribution in [-0.2, 0) is 4.74 Å². The van der Waals surface area contributed by atoms with Gasteiger partial charge < -0.3 is 40.1 Å². The van der Waals surface area contributed by atoms with Crippen LogP contribution in [0.3, 0.4) is 0 Å². The Morgan fingerprint density at radius 2 is 1.74 bits per heavy atom. The van der Waals surface area contributed by atoms with Gasteiger partial charge in [0, 0.05) is 17.2 Å². The minimum atomic E-state index is -1.74. The van der Waals surface area contributed by atoms with Gasteiger partial charge in [0.05, 0.1) is 6.61 Å². The average molecular weight is 453 g/mol. The van der Waals surface area contributed by atoms with Crippen LogP contribution < -0.4 is 4.74 Å². The summed E-state index contributed by atoms with van der Waals surface area (Å²) in [6.07, 6.45) is -5.25. The maximum atomic E-state index is 12.7. The lowest BCUT2D eigenvalue weighted by atomic mass is 9.99. The lowest BCUT2D eigenvalue weighted by Gasteiger charge is -2.39. The molecule has 1 heterocycles. The summed E-state index contributed by atoms with van der Waals surface area (Å²) in [4.78, 5) is 12.7. The van der Waals surface area contributed by atoms with E-state index < -0.39 is 54.6 Å². The second-order valence-corrected chi connectivity index (χ2v) is 7.34. The van der Waals surface area contributed by atoms with Crippen molar-refractivity contribution in [2.75, 3.05) is 6.61 Å². The van der Waals surface area contributed by atoms with Crippen LogP contribution in [0.1, 0.15) is 15.9 Å². The smallest absolute Gasteiger partial charge is 0.229 e. The molecule has 31 heavy (non-hydrogen) atoms. The topological polar surface area (TPSA) is 157 Å². The van der Waals surface area contributed by atoms with E-state index in [1.165, 1.54) is 6.08 Å². The van der Waals surface area contributed by atoms with Crippen molar-refractivity contribution in [3.05, 3.63) is 58.6 Å². The molecule has 166 valence electrons. The van der Waals surface area contributed by atoms with Gasteiger partial charge in [-0.1, -0.05) is 29.8 Å². The summed E-state index contributed by atoms with van der Waals surface area (Å²) in [7, 11) is 0. The molecular weight excluding hydrogens is 432 g/mol. The van der Waals surface area contributed by atoms with Crippen molar-refractivity contribution in [2.24, 2.45) is 0 Å². The highest BCUT2D eigenvalue weighted by molar-refractivity contribution is 6.30. The highest BCUT2D eigenvalue weighted by Gasteiger charge is 2.45. The van der Waals surface area contributed by atoms with E-state index in [1.807, 2.05) is 0 Å². The number of phenols is 2. The molecule has 0 unspecified atom stereocenters. The number of aliphatic hydroxyl groups is 4. The minimum Gasteiger partial charge on any atom is -0.508 e. The molecule has 10 heteroatoms. The van der Waals surface area contributed by atoms with Crippen molar-refractivity contribution in [3.8, 4) is 17.2 Å². The first-order valence-corrected chi connectivity index (χ1v) is 9.60. The molecule has 1 saturated heterocycles. The first-order valence-electron chi connectivity index (χ1n) is 9.22. The van der Waals surface area contributed by atoms with Crippen LogP contribution in [0, 0.1) is 0 Å². The number of aromatic hydroxyl groups is 2. The van der Waals surface area contributed by atoms with E-state index in [2.05, 4.69) is 0 Å². The van der Waals surface area contributed by atoms with Gasteiger partial charge in [0.1, 0.15) is 47.2 Å². The number of aliphatic hydroxyl groups excluding tert-OH is 4. The largest absolute Gasteiger partial charge is 0.508 e. The molecule has 0 aliphatic carbocycles. The number of hydrogen-bond donors (Lipinski definition) is 6. The summed E-state index contributed by atoms with van der Waals surface area (Å²) < 4.78 is 10.7. The Hall–Kier alpha value is -2.66. The minimum absolute atomic E-state index is 0.333. The molecule has 1 aliphatic heterocycles. The molecule has 2 aromatic rings. The van der Waals surface area contributed by atoms with Gasteiger partial charge in [0.2, 0.25) is 6.29 Å². The molecule has 0 aromatic heterocycles. The molecule has 0 bridgehead atoms. The summed E-state index contributed by atoms with van der Waals surface area (Å²) in [5.41, 5.74) is 0.326. The Morgan fingerprint density at radius 1 is 1.06 bits per heavy atom. The number of benzene rings is 2. The zero-order chi connectivity index (χ0) is 22.7. The van der Waals surface area contributed by atoms with E-state index in [1.54, 1.807) is 24.3 Å². The summed E-state index contributed by atoms with van der Waals surface area (Å²) in [5.74, 6) is -2.06. The molecule has 1 fully saturated rings. The second kappa shape index (κ2) is 9.65. The van der Waals surface area contributed by atoms with E-state index in [-0.39, 0.29) is 11.3 Å². The summed E-state index contributed by atoms with van der Waals surface area (Å²) in [5, 5.41) is 59.8. The van der Waals surface area contributed by atoms with Gasteiger partial charge in [-0.3, -0.25) is 4.79 Å². The lowest BCUT2D eigenvalue weighted by molar-refractivity contribution is -0.277. The van der Waals surface area contributed by atoms with Gasteiger partial charge >= 0.3 is 0 Å². The van der Waals surface area contributed by atoms with Crippen molar-refractivity contribution in [3.63, 3.8) is 0 Å². The van der Waals surface area contributed by atoms with Crippen molar-refractivity contribution in [2.45, 2.75) is 30.7 Å². The highest BCUT2D eigenvalue weighted by atomic mass is 35.5. The van der Waals surface area contributed by atoms with Gasteiger partial charge in [0.25, 0.3) is 0 Å². The number of phenolic OH excluding ortho intramolecular Hbond substituents is 2. The van der Waals surface area contributed by atoms with E-state index in [4.69, 9.17) is 21.1 Å². The van der Waals surface area contributed by atoms with Gasteiger partial charge in [0.15, 0.2) is 5.78 Å². The average Bonchev–Trinajstić information content (AvgIpc) is 2.73. The van der Waals surface area contributed by atoms with Gasteiger partial charge in [-0.2, -0.15) is 0 Å². The molecule has 1 aliphatic rings. The van der Waals surface area contributed by atoms with E-state index in [9.17, 15) is 35.4 Å². The second-order valence-electron chi connectivity index (χ2n) is 6.90. The van der Waals surface area contributed by atoms with Crippen LogP contribution >= 0.6 is 11.6 Å². The Labute approximate surface area is 182 Å². The van der Waals surface area contributed by atoms with Crippen molar-refractivity contribution < 1.29 is 44.9 Å². The fraction of sp³-hybridized carbons (Fsp3) is 0.286. The summed E-state index contributed by atoms with van der Waals surface area (Å²) in [6.45, 7) is -0.675. The van der Waals surface area contributed by atoms with Crippen molar-refractivity contribution >= 4 is 23.5 Å². The number of halogens is 1. The van der Waals surface area contributed by atoms with E-state index >= 15 is 0 Å². The van der Waals surface area contributed by atoms with Crippen molar-refractivity contribution in [1.82, 2.24) is 0 Å². The van der Waals surface area contributed by atoms with Crippen LogP contribution in [0.15, 0.2) is 42.5 Å². The van der Waals surface area contributed by atoms with E-state index in [0.717, 1.165) is 18.2 Å². The normalized spacial score (nSPS) is 26.2. The Balaban J connectivity index is 1.89. The molecule has 9 nitrogen and oxygen atoms in total. The van der Waals surface area contributed by atoms with E-state index in [0.29, 0.717) is 10.6 Å². The molecular formula is C21H21ClO9. The van der Waals surface area contributed by atoms with Crippen LogP contribution in [0.2, 0.25) is 5.02 Å². The van der Waals surface area contributed by atoms with Crippen LogP contribution in [-0.4, -0.2) is 73.7 Å². The number of hydrogen-bond acceptors (Lipinski definition) is 9. The number of ketones is 1. The summed E-state index contributed by atoms with van der Waals surface area (Å²) in [6, 6.07) is 8.57. The molecule has 2 aromatic carbocycles. The monoisotopic (exact) mass is 452 g/mol. The van der Waals surface area contributed by atoms with Crippen LogP contribution in [0.4, 0.5) is 0 Å². The van der Waals surface area contributed by atoms with Gasteiger partial charge in [-0.05, 0) is 23.8 Å². The van der Waals surface area contributed by atoms with Crippen LogP contribution in [0.5, 0.6) is 17.2 Å². The zero-order valence-corrected chi connectivity index (χ0v) is 16.8. The molecule has 0 saturated carbocycles. The number of ether oxygens (including phenoxy) is 2. The maximum absolute atomic E-state index is 12.7. The predicted octanol–water partition coefficient (Wildman–Crippen LogP) is 0.826. The fourth-order valence-electron chi connectivity index (χ4n) is 3.05. The molecule has 5 atom stereocenters. The molecule has 6 N–H and O–H groups in total. The molecule has 0 radical (unpaired) electrons. The molecule has 0 spiro atoms. The lowest BCUT2D eigenvalue weighted by Crippen LogP contribution is -2.60. The number of carbonyl (C=O) groups excluding carboxylic acids is 1. The predicted molar refractivity (Wildman–Crippen MR) is 109 cm³/mol. The number of allylic oxidation sites excluding steroid dienone is 1. The number of rotatable bonds is 6. The SMILES string of the molecule is O=C(C=Cc1ccc(Cl)cc1)c1c(O)cc(O)cc1O[C@@H]1O[C@@H](CO)[C@H](O)[C@@H](O)[C@@H]1O. The van der Waals surface area contributed by atoms with Crippen LogP contribution in [0.25, 0.3) is 6.08 Å². The third-order valence-electron chi connectivity index (χ3n) is 4.70. The summed E-state index contributed by atoms with van der Waals surface area (Å²) >= 11 is 5.83. The first kappa shape index (κ1) is 23.0. The number of carbonyl (C=O) groups is 1. The maximum Gasteiger partial charge on any atom is 0.229 e. The van der Waals surface area contributed by atoms with Crippen molar-refractivity contribution in [1.29, 1.82) is 0 Å². The zero-order valence-electron chi connectivity index (χ0n) is 16.0. The first-order chi connectivity index (χ1) is 14.7. The Kier molecular flexibility index (Phi) is 7.16.